The molecule has 2 aromatic rings. The topological polar surface area (TPSA) is 135 Å². The molecular weight excluding hydrogens is 314 g/mol. The minimum atomic E-state index is -0.744. The van der Waals surface area contributed by atoms with Crippen LogP contribution in [0.2, 0.25) is 0 Å². The number of aliphatic hydroxyl groups is 2. The van der Waals surface area contributed by atoms with E-state index in [2.05, 4.69) is 20.3 Å². The van der Waals surface area contributed by atoms with E-state index in [0.29, 0.717) is 30.1 Å². The molecule has 1 aliphatic heterocycles. The molecule has 3 rings (SSSR count). The van der Waals surface area contributed by atoms with Crippen molar-refractivity contribution in [2.45, 2.75) is 24.9 Å². The summed E-state index contributed by atoms with van der Waals surface area (Å²) in [4.78, 5) is 14.8. The Morgan fingerprint density at radius 2 is 2.25 bits per heavy atom. The van der Waals surface area contributed by atoms with E-state index in [1.54, 1.807) is 4.57 Å². The summed E-state index contributed by atoms with van der Waals surface area (Å²) >= 11 is 0. The first-order chi connectivity index (χ1) is 11.5. The fourth-order valence-electron chi connectivity index (χ4n) is 2.75. The minimum Gasteiger partial charge on any atom is -0.394 e. The van der Waals surface area contributed by atoms with Gasteiger partial charge in [0.2, 0.25) is 5.95 Å². The highest BCUT2D eigenvalue weighted by Crippen LogP contribution is 2.34. The molecule has 0 amide bonds. The number of nitrogen functional groups attached to an aromatic ring is 1. The summed E-state index contributed by atoms with van der Waals surface area (Å²) in [5, 5.41) is 22.6. The van der Waals surface area contributed by atoms with Gasteiger partial charge in [0.05, 0.1) is 12.7 Å². The van der Waals surface area contributed by atoms with Gasteiger partial charge < -0.3 is 30.9 Å². The summed E-state index contributed by atoms with van der Waals surface area (Å²) in [6, 6.07) is 0. The number of ether oxygens (including phenoxy) is 1. The van der Waals surface area contributed by atoms with Crippen LogP contribution in [0.5, 0.6) is 0 Å². The molecule has 24 heavy (non-hydrogen) atoms. The number of imidazole rings is 1. The molecule has 0 aromatic carbocycles. The van der Waals surface area contributed by atoms with Gasteiger partial charge in [-0.1, -0.05) is 0 Å². The van der Waals surface area contributed by atoms with Gasteiger partial charge in [0, 0.05) is 19.5 Å². The van der Waals surface area contributed by atoms with Gasteiger partial charge in [-0.25, -0.2) is 15.0 Å². The molecule has 1 aliphatic rings. The summed E-state index contributed by atoms with van der Waals surface area (Å²) in [5.41, 5.74) is 6.92. The van der Waals surface area contributed by atoms with Crippen molar-refractivity contribution in [3.05, 3.63) is 6.33 Å². The van der Waals surface area contributed by atoms with E-state index in [1.165, 1.54) is 6.33 Å². The van der Waals surface area contributed by atoms with Crippen LogP contribution in [-0.2, 0) is 4.74 Å². The summed E-state index contributed by atoms with van der Waals surface area (Å²) < 4.78 is 7.52. The van der Waals surface area contributed by atoms with Gasteiger partial charge in [0.1, 0.15) is 18.7 Å². The number of nitrogens with one attached hydrogen (secondary N) is 1. The van der Waals surface area contributed by atoms with Gasteiger partial charge in [-0.2, -0.15) is 0 Å². The van der Waals surface area contributed by atoms with Crippen LogP contribution in [0.3, 0.4) is 0 Å². The number of fused-ring (bicyclic) bond motifs is 1. The Labute approximate surface area is 139 Å². The van der Waals surface area contributed by atoms with Crippen LogP contribution in [0.4, 0.5) is 11.8 Å². The largest absolute Gasteiger partial charge is 0.394 e. The third kappa shape index (κ3) is 3.13. The van der Waals surface area contributed by atoms with Gasteiger partial charge in [-0.15, -0.1) is 0 Å². The van der Waals surface area contributed by atoms with Crippen LogP contribution in [0.25, 0.3) is 11.2 Å². The predicted octanol–water partition coefficient (Wildman–Crippen LogP) is -0.977. The molecule has 0 spiro atoms. The highest BCUT2D eigenvalue weighted by Gasteiger charge is 2.36. The molecule has 5 N–H and O–H groups in total. The highest BCUT2D eigenvalue weighted by atomic mass is 16.5. The fourth-order valence-corrected chi connectivity index (χ4v) is 2.75. The zero-order valence-corrected chi connectivity index (χ0v) is 13.8. The van der Waals surface area contributed by atoms with E-state index in [0.717, 1.165) is 6.54 Å². The average molecular weight is 337 g/mol. The minimum absolute atomic E-state index is 0.245. The Morgan fingerprint density at radius 1 is 1.46 bits per heavy atom. The third-order valence-corrected chi connectivity index (χ3v) is 4.02. The molecule has 0 saturated carbocycles. The van der Waals surface area contributed by atoms with Crippen molar-refractivity contribution in [2.75, 3.05) is 44.8 Å². The molecule has 0 aliphatic carbocycles. The van der Waals surface area contributed by atoms with Crippen molar-refractivity contribution in [2.24, 2.45) is 0 Å². The summed E-state index contributed by atoms with van der Waals surface area (Å²) in [6.07, 6.45) is -0.150. The van der Waals surface area contributed by atoms with Crippen LogP contribution in [-0.4, -0.2) is 80.6 Å². The monoisotopic (exact) mass is 337 g/mol. The van der Waals surface area contributed by atoms with Crippen LogP contribution in [0, 0.1) is 0 Å². The Morgan fingerprint density at radius 3 is 2.92 bits per heavy atom. The molecule has 0 radical (unpaired) electrons. The quantitative estimate of drug-likeness (QED) is 0.524. The summed E-state index contributed by atoms with van der Waals surface area (Å²) in [5.74, 6) is 0.835. The summed E-state index contributed by atoms with van der Waals surface area (Å²) in [7, 11) is 3.97. The Balaban J connectivity index is 1.95. The molecule has 10 heteroatoms. The lowest BCUT2D eigenvalue weighted by atomic mass is 10.2. The lowest BCUT2D eigenvalue weighted by molar-refractivity contribution is -0.0425. The van der Waals surface area contributed by atoms with E-state index in [4.69, 9.17) is 10.5 Å². The first kappa shape index (κ1) is 16.8. The number of aliphatic hydroxyl groups excluding tert-OH is 2. The SMILES string of the molecule is CN(C)CCNc1nc2c(N)ncnc2n1[C@H]1C[C@H](O)[C@@H](CO)O1. The standard InChI is InChI=1S/C14H23N7O3/c1-20(2)4-3-16-14-19-11-12(15)17-7-18-13(11)21(14)10-5-8(23)9(6-22)24-10/h7-10,22-23H,3-6H2,1-2H3,(H,16,19)(H2,15,17,18)/t8-,9+,10+/m0/s1. The number of likely N-dealkylation sites (N-methyl/N-ethyl adjacent to an activating group) is 1. The van der Waals surface area contributed by atoms with Crippen molar-refractivity contribution in [3.8, 4) is 0 Å². The van der Waals surface area contributed by atoms with E-state index >= 15 is 0 Å². The first-order valence-electron chi connectivity index (χ1n) is 7.82. The van der Waals surface area contributed by atoms with Gasteiger partial charge in [-0.3, -0.25) is 4.57 Å². The maximum absolute atomic E-state index is 10.0. The molecule has 2 aromatic heterocycles. The lowest BCUT2D eigenvalue weighted by Crippen LogP contribution is -2.24. The van der Waals surface area contributed by atoms with E-state index in [-0.39, 0.29) is 12.4 Å². The van der Waals surface area contributed by atoms with Crippen LogP contribution in [0.15, 0.2) is 6.33 Å². The number of rotatable bonds is 6. The second-order valence-corrected chi connectivity index (χ2v) is 6.08. The predicted molar refractivity (Wildman–Crippen MR) is 88.4 cm³/mol. The van der Waals surface area contributed by atoms with Crippen LogP contribution >= 0.6 is 0 Å². The summed E-state index contributed by atoms with van der Waals surface area (Å²) in [6.45, 7) is 1.24. The molecule has 1 saturated heterocycles. The molecule has 0 bridgehead atoms. The number of aromatic nitrogens is 4. The van der Waals surface area contributed by atoms with E-state index < -0.39 is 18.4 Å². The normalized spacial score (nSPS) is 24.1. The fraction of sp³-hybridized carbons (Fsp3) is 0.643. The molecule has 3 atom stereocenters. The maximum Gasteiger partial charge on any atom is 0.207 e. The van der Waals surface area contributed by atoms with Crippen molar-refractivity contribution in [1.29, 1.82) is 0 Å². The Hall–Kier alpha value is -2.01. The van der Waals surface area contributed by atoms with Crippen molar-refractivity contribution < 1.29 is 14.9 Å². The Kier molecular flexibility index (Phi) is 4.81. The number of nitrogens with two attached hydrogens (primary N) is 1. The Bertz CT molecular complexity index is 705. The second kappa shape index (κ2) is 6.85. The number of hydrogen-bond donors (Lipinski definition) is 4. The molecule has 1 fully saturated rings. The molecular formula is C14H23N7O3. The number of nitrogens with zero attached hydrogens (tertiary/aromatic N) is 5. The van der Waals surface area contributed by atoms with Crippen LogP contribution in [0.1, 0.15) is 12.6 Å². The van der Waals surface area contributed by atoms with Gasteiger partial charge in [-0.05, 0) is 14.1 Å². The first-order valence-corrected chi connectivity index (χ1v) is 7.82. The van der Waals surface area contributed by atoms with Crippen molar-refractivity contribution in [1.82, 2.24) is 24.4 Å². The van der Waals surface area contributed by atoms with Crippen LogP contribution < -0.4 is 11.1 Å². The van der Waals surface area contributed by atoms with Gasteiger partial charge in [0.15, 0.2) is 17.0 Å². The van der Waals surface area contributed by atoms with E-state index in [1.807, 2.05) is 19.0 Å². The molecule has 0 unspecified atom stereocenters. The third-order valence-electron chi connectivity index (χ3n) is 4.02. The van der Waals surface area contributed by atoms with E-state index in [9.17, 15) is 10.2 Å². The lowest BCUT2D eigenvalue weighted by Gasteiger charge is -2.18. The highest BCUT2D eigenvalue weighted by molar-refractivity contribution is 5.84. The average Bonchev–Trinajstić information content (AvgIpc) is 3.08. The maximum atomic E-state index is 10.0. The second-order valence-electron chi connectivity index (χ2n) is 6.08. The van der Waals surface area contributed by atoms with Crippen molar-refractivity contribution in [3.63, 3.8) is 0 Å². The molecule has 3 heterocycles. The number of hydrogen-bond acceptors (Lipinski definition) is 9. The smallest absolute Gasteiger partial charge is 0.207 e. The molecule has 10 nitrogen and oxygen atoms in total. The molecule has 132 valence electrons. The number of anilines is 2. The van der Waals surface area contributed by atoms with Gasteiger partial charge >= 0.3 is 0 Å². The zero-order chi connectivity index (χ0) is 17.3. The van der Waals surface area contributed by atoms with Crippen molar-refractivity contribution >= 4 is 22.9 Å². The van der Waals surface area contributed by atoms with Gasteiger partial charge in [0.25, 0.3) is 0 Å². The zero-order valence-electron chi connectivity index (χ0n) is 13.8.